The van der Waals surface area contributed by atoms with Gasteiger partial charge in [0.05, 0.1) is 32.2 Å². The van der Waals surface area contributed by atoms with E-state index in [1.807, 2.05) is 4.90 Å². The van der Waals surface area contributed by atoms with Crippen LogP contribution >= 0.6 is 11.6 Å². The van der Waals surface area contributed by atoms with Crippen molar-refractivity contribution in [3.63, 3.8) is 0 Å². The summed E-state index contributed by atoms with van der Waals surface area (Å²) in [6, 6.07) is 10.1. The summed E-state index contributed by atoms with van der Waals surface area (Å²) in [6.07, 6.45) is -1.77. The van der Waals surface area contributed by atoms with Gasteiger partial charge in [-0.3, -0.25) is 24.1 Å². The molecular formula is C25H21ClF5N7O4. The van der Waals surface area contributed by atoms with Gasteiger partial charge in [-0.15, -0.1) is 0 Å². The quantitative estimate of drug-likeness (QED) is 0.288. The number of benzene rings is 1. The highest BCUT2D eigenvalue weighted by molar-refractivity contribution is 6.29. The average molecular weight is 614 g/mol. The molecule has 0 spiro atoms. The first kappa shape index (κ1) is 30.4. The second kappa shape index (κ2) is 12.5. The maximum absolute atomic E-state index is 14.5. The first-order valence-corrected chi connectivity index (χ1v) is 12.5. The van der Waals surface area contributed by atoms with Crippen molar-refractivity contribution < 1.29 is 36.4 Å². The Labute approximate surface area is 239 Å². The van der Waals surface area contributed by atoms with E-state index in [0.717, 1.165) is 24.1 Å². The zero-order valence-corrected chi connectivity index (χ0v) is 22.1. The summed E-state index contributed by atoms with van der Waals surface area (Å²) >= 11 is 6.00. The van der Waals surface area contributed by atoms with E-state index in [4.69, 9.17) is 11.6 Å². The molecule has 42 heavy (non-hydrogen) atoms. The second-order valence-electron chi connectivity index (χ2n) is 8.78. The molecule has 3 heterocycles. The Morgan fingerprint density at radius 1 is 1.07 bits per heavy atom. The van der Waals surface area contributed by atoms with Gasteiger partial charge in [0.25, 0.3) is 11.5 Å². The number of nitrogens with one attached hydrogen (secondary N) is 1. The van der Waals surface area contributed by atoms with Crippen LogP contribution in [0.15, 0.2) is 64.6 Å². The molecule has 0 radical (unpaired) electrons. The molecular weight excluding hydrogens is 593 g/mol. The molecule has 17 heteroatoms. The van der Waals surface area contributed by atoms with Gasteiger partial charge in [0.2, 0.25) is 0 Å². The number of pyridine rings is 1. The van der Waals surface area contributed by atoms with Crippen LogP contribution in [-0.2, 0) is 33.4 Å². The van der Waals surface area contributed by atoms with Crippen LogP contribution in [0.4, 0.5) is 33.5 Å². The molecule has 11 nitrogen and oxygen atoms in total. The molecule has 1 N–H and O–H groups in total. The normalized spacial score (nSPS) is 13.2. The highest BCUT2D eigenvalue weighted by Crippen LogP contribution is 2.26. The Bertz CT molecular complexity index is 1520. The van der Waals surface area contributed by atoms with Crippen molar-refractivity contribution >= 4 is 41.3 Å². The molecule has 0 fully saturated rings. The Hall–Kier alpha value is -4.60. The van der Waals surface area contributed by atoms with E-state index in [1.165, 1.54) is 24.3 Å². The number of anilines is 2. The van der Waals surface area contributed by atoms with Crippen LogP contribution in [-0.4, -0.2) is 63.6 Å². The Balaban J connectivity index is 1.53. The molecule has 4 rings (SSSR count). The summed E-state index contributed by atoms with van der Waals surface area (Å²) in [7, 11) is 0. The molecule has 1 aliphatic heterocycles. The van der Waals surface area contributed by atoms with Gasteiger partial charge in [0.1, 0.15) is 17.4 Å². The molecule has 1 amide bonds. The number of carbonyl (C=O) groups is 2. The highest BCUT2D eigenvalue weighted by Gasteiger charge is 2.43. The number of nitrogens with zero attached hydrogens (tertiary/aromatic N) is 6. The summed E-state index contributed by atoms with van der Waals surface area (Å²) in [5.41, 5.74) is -0.698. The monoisotopic (exact) mass is 613 g/mol. The molecule has 0 atom stereocenters. The molecule has 0 saturated heterocycles. The van der Waals surface area contributed by atoms with Gasteiger partial charge in [-0.05, 0) is 29.8 Å². The number of aliphatic imine (C=N–C) groups is 1. The first-order chi connectivity index (χ1) is 19.8. The van der Waals surface area contributed by atoms with Gasteiger partial charge in [-0.1, -0.05) is 29.8 Å². The minimum absolute atomic E-state index is 0.133. The molecule has 0 unspecified atom stereocenters. The minimum atomic E-state index is -5.43. The van der Waals surface area contributed by atoms with Crippen LogP contribution < -0.4 is 15.8 Å². The number of carbonyl (C=O) groups excluding carboxylic acids is 2. The van der Waals surface area contributed by atoms with Crippen molar-refractivity contribution in [3.8, 4) is 0 Å². The van der Waals surface area contributed by atoms with E-state index in [1.54, 1.807) is 18.5 Å². The number of alkyl halides is 5. The predicted molar refractivity (Wildman–Crippen MR) is 140 cm³/mol. The molecule has 222 valence electrons. The van der Waals surface area contributed by atoms with Crippen LogP contribution in [0.3, 0.4) is 0 Å². The van der Waals surface area contributed by atoms with Crippen molar-refractivity contribution in [3.05, 3.63) is 81.6 Å². The highest BCUT2D eigenvalue weighted by atomic mass is 35.5. The summed E-state index contributed by atoms with van der Waals surface area (Å²) in [6.45, 7) is -1.51. The smallest absolute Gasteiger partial charge is 0.359 e. The fourth-order valence-corrected chi connectivity index (χ4v) is 3.86. The van der Waals surface area contributed by atoms with E-state index in [-0.39, 0.29) is 10.6 Å². The van der Waals surface area contributed by atoms with Crippen LogP contribution in [0.25, 0.3) is 0 Å². The zero-order valence-electron chi connectivity index (χ0n) is 21.4. The largest absolute Gasteiger partial charge is 0.493 e. The fourth-order valence-electron chi connectivity index (χ4n) is 3.67. The van der Waals surface area contributed by atoms with Crippen molar-refractivity contribution in [2.75, 3.05) is 29.9 Å². The third kappa shape index (κ3) is 7.37. The number of hydrogen-bond donors (Lipinski definition) is 1. The van der Waals surface area contributed by atoms with Gasteiger partial charge >= 0.3 is 18.1 Å². The van der Waals surface area contributed by atoms with Crippen LogP contribution in [0.2, 0.25) is 5.15 Å². The molecule has 0 bridgehead atoms. The van der Waals surface area contributed by atoms with Crippen molar-refractivity contribution in [1.82, 2.24) is 19.6 Å². The van der Waals surface area contributed by atoms with Crippen molar-refractivity contribution in [1.29, 1.82) is 0 Å². The average Bonchev–Trinajstić information content (AvgIpc) is 3.50. The lowest BCUT2D eigenvalue weighted by molar-refractivity contribution is -0.239. The summed E-state index contributed by atoms with van der Waals surface area (Å²) < 4.78 is 68.5. The second-order valence-corrected chi connectivity index (χ2v) is 9.17. The topological polar surface area (TPSA) is 122 Å². The number of amides is 1. The van der Waals surface area contributed by atoms with Gasteiger partial charge in [-0.25, -0.2) is 9.78 Å². The number of aromatic nitrogens is 3. The lowest BCUT2D eigenvalue weighted by atomic mass is 10.2. The van der Waals surface area contributed by atoms with E-state index < -0.39 is 65.8 Å². The lowest BCUT2D eigenvalue weighted by Crippen LogP contribution is -2.41. The first-order valence-electron chi connectivity index (χ1n) is 12.1. The zero-order chi connectivity index (χ0) is 30.5. The Morgan fingerprint density at radius 2 is 1.81 bits per heavy atom. The minimum Gasteiger partial charge on any atom is -0.359 e. The molecule has 2 aromatic heterocycles. The molecule has 1 aromatic carbocycles. The van der Waals surface area contributed by atoms with E-state index in [2.05, 4.69) is 25.1 Å². The summed E-state index contributed by atoms with van der Waals surface area (Å²) in [4.78, 5) is 55.0. The number of hydrogen-bond acceptors (Lipinski definition) is 9. The van der Waals surface area contributed by atoms with Crippen LogP contribution in [0.1, 0.15) is 11.3 Å². The number of rotatable bonds is 9. The summed E-state index contributed by atoms with van der Waals surface area (Å²) in [5, 5.41) is 1.87. The summed E-state index contributed by atoms with van der Waals surface area (Å²) in [5.74, 6) is -8.09. The maximum Gasteiger partial charge on any atom is 0.493 e. The molecule has 3 aromatic rings. The van der Waals surface area contributed by atoms with Gasteiger partial charge in [-0.2, -0.15) is 27.0 Å². The molecule has 1 aliphatic rings. The van der Waals surface area contributed by atoms with E-state index in [9.17, 15) is 36.3 Å². The number of halogens is 6. The Morgan fingerprint density at radius 3 is 2.43 bits per heavy atom. The SMILES string of the molecule is O=C(Cn1c(Cl)cnc(NCC(F)(F)c2ccccn2)c1=O)N(Cc1ccc(N2C=NCC2)cc1)OC(=O)C(F)(F)F. The van der Waals surface area contributed by atoms with Crippen LogP contribution in [0, 0.1) is 0 Å². The van der Waals surface area contributed by atoms with Gasteiger partial charge in [0, 0.05) is 18.4 Å². The molecule has 0 saturated carbocycles. The van der Waals surface area contributed by atoms with E-state index >= 15 is 0 Å². The third-order valence-electron chi connectivity index (χ3n) is 5.80. The fraction of sp³-hybridized carbons (Fsp3) is 0.280. The predicted octanol–water partition coefficient (Wildman–Crippen LogP) is 3.39. The Kier molecular flexibility index (Phi) is 9.04. The van der Waals surface area contributed by atoms with Crippen molar-refractivity contribution in [2.24, 2.45) is 4.99 Å². The van der Waals surface area contributed by atoms with Crippen LogP contribution in [0.5, 0.6) is 0 Å². The van der Waals surface area contributed by atoms with E-state index in [0.29, 0.717) is 17.7 Å². The van der Waals surface area contributed by atoms with Crippen molar-refractivity contribution in [2.45, 2.75) is 25.2 Å². The van der Waals surface area contributed by atoms with Gasteiger partial charge < -0.3 is 15.1 Å². The standard InChI is InChI=1S/C25H21ClF5N7O4/c26-19-11-34-21(35-14-24(27,28)18-3-1-2-8-33-18)22(40)37(19)13-20(39)38(42-23(41)25(29,30)31)12-16-4-6-17(7-5-16)36-10-9-32-15-36/h1-8,11,15H,9-10,12-14H2,(H,34,35). The molecule has 0 aliphatic carbocycles. The lowest BCUT2D eigenvalue weighted by Gasteiger charge is -2.23. The number of hydroxylamine groups is 2. The van der Waals surface area contributed by atoms with Gasteiger partial charge in [0.15, 0.2) is 5.82 Å². The third-order valence-corrected chi connectivity index (χ3v) is 6.11. The maximum atomic E-state index is 14.5.